The molecule has 0 bridgehead atoms. The molecule has 2 amide bonds. The first-order chi connectivity index (χ1) is 8.42. The first-order valence-corrected chi connectivity index (χ1v) is 6.24. The number of aliphatic carboxylic acids is 1. The van der Waals surface area contributed by atoms with E-state index in [0.717, 1.165) is 26.1 Å². The number of hydrogen-bond acceptors (Lipinski definition) is 3. The van der Waals surface area contributed by atoms with Crippen LogP contribution >= 0.6 is 0 Å². The summed E-state index contributed by atoms with van der Waals surface area (Å²) in [6.45, 7) is 5.43. The zero-order valence-electron chi connectivity index (χ0n) is 11.0. The van der Waals surface area contributed by atoms with E-state index in [1.165, 1.54) is 0 Å². The molecule has 0 aromatic heterocycles. The van der Waals surface area contributed by atoms with Crippen LogP contribution in [0, 0.1) is 11.3 Å². The molecule has 1 rings (SSSR count). The lowest BCUT2D eigenvalue weighted by Crippen LogP contribution is -2.43. The van der Waals surface area contributed by atoms with E-state index in [1.54, 1.807) is 13.8 Å². The number of urea groups is 1. The van der Waals surface area contributed by atoms with E-state index in [2.05, 4.69) is 10.6 Å². The molecule has 1 saturated heterocycles. The molecule has 3 N–H and O–H groups in total. The number of carbonyl (C=O) groups excluding carboxylic acids is 1. The minimum absolute atomic E-state index is 0.112. The average molecular weight is 258 g/mol. The molecule has 1 fully saturated rings. The molecular formula is C12H22N2O4. The van der Waals surface area contributed by atoms with Gasteiger partial charge in [-0.15, -0.1) is 0 Å². The SMILES string of the molecule is CC(C)(CNC(=O)NCCC1CCOC1)C(=O)O. The Hall–Kier alpha value is -1.30. The number of hydrogen-bond donors (Lipinski definition) is 3. The van der Waals surface area contributed by atoms with Crippen molar-refractivity contribution in [2.75, 3.05) is 26.3 Å². The van der Waals surface area contributed by atoms with E-state index in [0.29, 0.717) is 12.5 Å². The maximum Gasteiger partial charge on any atom is 0.314 e. The second-order valence-corrected chi connectivity index (χ2v) is 5.32. The van der Waals surface area contributed by atoms with Gasteiger partial charge in [0.15, 0.2) is 0 Å². The maximum absolute atomic E-state index is 11.4. The fraction of sp³-hybridized carbons (Fsp3) is 0.833. The van der Waals surface area contributed by atoms with Crippen molar-refractivity contribution in [3.05, 3.63) is 0 Å². The van der Waals surface area contributed by atoms with Gasteiger partial charge in [0.05, 0.1) is 5.41 Å². The summed E-state index contributed by atoms with van der Waals surface area (Å²) in [7, 11) is 0. The Morgan fingerprint density at radius 3 is 2.67 bits per heavy atom. The van der Waals surface area contributed by atoms with Crippen molar-refractivity contribution in [2.24, 2.45) is 11.3 Å². The van der Waals surface area contributed by atoms with Gasteiger partial charge < -0.3 is 20.5 Å². The lowest BCUT2D eigenvalue weighted by atomic mass is 9.94. The van der Waals surface area contributed by atoms with E-state index < -0.39 is 11.4 Å². The van der Waals surface area contributed by atoms with Crippen LogP contribution in [0.4, 0.5) is 4.79 Å². The highest BCUT2D eigenvalue weighted by Crippen LogP contribution is 2.15. The Morgan fingerprint density at radius 2 is 2.11 bits per heavy atom. The van der Waals surface area contributed by atoms with Crippen LogP contribution in [0.1, 0.15) is 26.7 Å². The van der Waals surface area contributed by atoms with E-state index in [9.17, 15) is 9.59 Å². The topological polar surface area (TPSA) is 87.7 Å². The van der Waals surface area contributed by atoms with Gasteiger partial charge >= 0.3 is 12.0 Å². The summed E-state index contributed by atoms with van der Waals surface area (Å²) >= 11 is 0. The second-order valence-electron chi connectivity index (χ2n) is 5.32. The van der Waals surface area contributed by atoms with Gasteiger partial charge in [0.2, 0.25) is 0 Å². The Balaban J connectivity index is 2.11. The van der Waals surface area contributed by atoms with Crippen LogP contribution in [0.3, 0.4) is 0 Å². The van der Waals surface area contributed by atoms with Crippen molar-refractivity contribution < 1.29 is 19.4 Å². The van der Waals surface area contributed by atoms with Crippen molar-refractivity contribution in [3.63, 3.8) is 0 Å². The highest BCUT2D eigenvalue weighted by Gasteiger charge is 2.27. The smallest absolute Gasteiger partial charge is 0.314 e. The number of nitrogens with one attached hydrogen (secondary N) is 2. The van der Waals surface area contributed by atoms with Crippen molar-refractivity contribution in [1.29, 1.82) is 0 Å². The number of carboxylic acid groups (broad SMARTS) is 1. The minimum Gasteiger partial charge on any atom is -0.481 e. The standard InChI is InChI=1S/C12H22N2O4/c1-12(2,10(15)16)8-14-11(17)13-5-3-9-4-6-18-7-9/h9H,3-8H2,1-2H3,(H,15,16)(H2,13,14,17). The highest BCUT2D eigenvalue weighted by atomic mass is 16.5. The van der Waals surface area contributed by atoms with Crippen molar-refractivity contribution in [3.8, 4) is 0 Å². The van der Waals surface area contributed by atoms with Gasteiger partial charge in [-0.25, -0.2) is 4.79 Å². The molecule has 0 aliphatic carbocycles. The number of carbonyl (C=O) groups is 2. The molecule has 6 heteroatoms. The van der Waals surface area contributed by atoms with Gasteiger partial charge in [-0.05, 0) is 32.6 Å². The van der Waals surface area contributed by atoms with Crippen molar-refractivity contribution >= 4 is 12.0 Å². The molecule has 1 unspecified atom stereocenters. The van der Waals surface area contributed by atoms with Gasteiger partial charge in [0, 0.05) is 26.3 Å². The van der Waals surface area contributed by atoms with Crippen LogP contribution in [0.25, 0.3) is 0 Å². The van der Waals surface area contributed by atoms with Crippen molar-refractivity contribution in [1.82, 2.24) is 10.6 Å². The quantitative estimate of drug-likeness (QED) is 0.658. The molecule has 6 nitrogen and oxygen atoms in total. The van der Waals surface area contributed by atoms with Gasteiger partial charge in [0.1, 0.15) is 0 Å². The lowest BCUT2D eigenvalue weighted by Gasteiger charge is -2.19. The molecule has 0 spiro atoms. The summed E-state index contributed by atoms with van der Waals surface area (Å²) in [6.07, 6.45) is 1.95. The molecule has 18 heavy (non-hydrogen) atoms. The van der Waals surface area contributed by atoms with Crippen LogP contribution in [0.2, 0.25) is 0 Å². The van der Waals surface area contributed by atoms with E-state index >= 15 is 0 Å². The summed E-state index contributed by atoms with van der Waals surface area (Å²) < 4.78 is 5.24. The third kappa shape index (κ3) is 4.91. The molecule has 1 aliphatic heterocycles. The Kier molecular flexibility index (Phi) is 5.40. The fourth-order valence-electron chi connectivity index (χ4n) is 1.64. The molecule has 1 aliphatic rings. The number of rotatable bonds is 6. The van der Waals surface area contributed by atoms with Gasteiger partial charge in [-0.3, -0.25) is 4.79 Å². The lowest BCUT2D eigenvalue weighted by molar-refractivity contribution is -0.146. The first-order valence-electron chi connectivity index (χ1n) is 6.24. The number of ether oxygens (including phenoxy) is 1. The fourth-order valence-corrected chi connectivity index (χ4v) is 1.64. The normalized spacial score (nSPS) is 19.6. The molecular weight excluding hydrogens is 236 g/mol. The van der Waals surface area contributed by atoms with Crippen LogP contribution in [0.5, 0.6) is 0 Å². The third-order valence-electron chi connectivity index (χ3n) is 3.13. The monoisotopic (exact) mass is 258 g/mol. The number of amides is 2. The molecule has 0 radical (unpaired) electrons. The predicted molar refractivity (Wildman–Crippen MR) is 66.4 cm³/mol. The molecule has 1 atom stereocenters. The molecule has 1 heterocycles. The summed E-state index contributed by atoms with van der Waals surface area (Å²) in [4.78, 5) is 22.3. The van der Waals surface area contributed by atoms with E-state index in [-0.39, 0.29) is 12.6 Å². The highest BCUT2D eigenvalue weighted by molar-refractivity contribution is 5.77. The molecule has 0 aromatic rings. The molecule has 104 valence electrons. The van der Waals surface area contributed by atoms with Crippen LogP contribution in [-0.2, 0) is 9.53 Å². The first kappa shape index (κ1) is 14.8. The summed E-state index contributed by atoms with van der Waals surface area (Å²) in [6, 6.07) is -0.316. The van der Waals surface area contributed by atoms with Crippen molar-refractivity contribution in [2.45, 2.75) is 26.7 Å². The van der Waals surface area contributed by atoms with Gasteiger partial charge in [-0.2, -0.15) is 0 Å². The third-order valence-corrected chi connectivity index (χ3v) is 3.13. The summed E-state index contributed by atoms with van der Waals surface area (Å²) in [5.74, 6) is -0.397. The van der Waals surface area contributed by atoms with Gasteiger partial charge in [-0.1, -0.05) is 0 Å². The van der Waals surface area contributed by atoms with Gasteiger partial charge in [0.25, 0.3) is 0 Å². The maximum atomic E-state index is 11.4. The van der Waals surface area contributed by atoms with E-state index in [4.69, 9.17) is 9.84 Å². The largest absolute Gasteiger partial charge is 0.481 e. The second kappa shape index (κ2) is 6.58. The van der Waals surface area contributed by atoms with Crippen LogP contribution in [-0.4, -0.2) is 43.4 Å². The minimum atomic E-state index is -0.948. The Labute approximate surface area is 107 Å². The zero-order chi connectivity index (χ0) is 13.6. The van der Waals surface area contributed by atoms with Crippen LogP contribution in [0.15, 0.2) is 0 Å². The average Bonchev–Trinajstić information content (AvgIpc) is 2.79. The van der Waals surface area contributed by atoms with Crippen LogP contribution < -0.4 is 10.6 Å². The molecule has 0 aromatic carbocycles. The number of carboxylic acids is 1. The predicted octanol–water partition coefficient (Wildman–Crippen LogP) is 0.823. The summed E-state index contributed by atoms with van der Waals surface area (Å²) in [5, 5.41) is 14.2. The molecule has 0 saturated carbocycles. The summed E-state index contributed by atoms with van der Waals surface area (Å²) in [5.41, 5.74) is -0.948. The Bertz CT molecular complexity index is 298. The zero-order valence-corrected chi connectivity index (χ0v) is 11.0. The van der Waals surface area contributed by atoms with E-state index in [1.807, 2.05) is 0 Å². The Morgan fingerprint density at radius 1 is 1.39 bits per heavy atom.